The Morgan fingerprint density at radius 3 is 2.67 bits per heavy atom. The molecule has 0 aromatic carbocycles. The van der Waals surface area contributed by atoms with Gasteiger partial charge in [-0.3, -0.25) is 4.98 Å². The van der Waals surface area contributed by atoms with Crippen LogP contribution in [0, 0.1) is 5.82 Å². The van der Waals surface area contributed by atoms with Gasteiger partial charge in [0.25, 0.3) is 0 Å². The van der Waals surface area contributed by atoms with Gasteiger partial charge in [0.2, 0.25) is 0 Å². The van der Waals surface area contributed by atoms with E-state index in [0.717, 1.165) is 6.07 Å². The first-order valence-corrected chi connectivity index (χ1v) is 3.20. The van der Waals surface area contributed by atoms with E-state index in [4.69, 9.17) is 10.0 Å². The molecule has 0 saturated heterocycles. The maximum atomic E-state index is 12.8. The second kappa shape index (κ2) is 3.51. The highest BCUT2D eigenvalue weighted by Gasteiger charge is 2.18. The van der Waals surface area contributed by atoms with Crippen molar-refractivity contribution < 1.29 is 19.2 Å². The number of pyridine rings is 1. The normalized spacial score (nSPS) is 9.67. The van der Waals surface area contributed by atoms with E-state index in [1.165, 1.54) is 13.3 Å². The topological polar surface area (TPSA) is 62.6 Å². The van der Waals surface area contributed by atoms with Crippen LogP contribution in [0.15, 0.2) is 12.3 Å². The van der Waals surface area contributed by atoms with Crippen LogP contribution >= 0.6 is 0 Å². The van der Waals surface area contributed by atoms with Gasteiger partial charge in [0, 0.05) is 6.07 Å². The molecule has 0 aliphatic heterocycles. The third-order valence-corrected chi connectivity index (χ3v) is 1.32. The Kier molecular flexibility index (Phi) is 2.62. The fourth-order valence-corrected chi connectivity index (χ4v) is 0.733. The van der Waals surface area contributed by atoms with Crippen LogP contribution in [0.5, 0.6) is 5.75 Å². The summed E-state index contributed by atoms with van der Waals surface area (Å²) in [6.45, 7) is 0. The summed E-state index contributed by atoms with van der Waals surface area (Å²) < 4.78 is 17.5. The second-order valence-corrected chi connectivity index (χ2v) is 2.12. The predicted molar refractivity (Wildman–Crippen MR) is 40.6 cm³/mol. The highest BCUT2D eigenvalue weighted by Crippen LogP contribution is 2.07. The Labute approximate surface area is 68.8 Å². The van der Waals surface area contributed by atoms with Crippen molar-refractivity contribution in [1.29, 1.82) is 0 Å². The van der Waals surface area contributed by atoms with Crippen LogP contribution in [-0.2, 0) is 0 Å². The molecule has 0 atom stereocenters. The molecule has 0 aliphatic rings. The molecular formula is C6H7BFNO3. The summed E-state index contributed by atoms with van der Waals surface area (Å²) >= 11 is 0. The minimum atomic E-state index is -1.89. The molecule has 1 aromatic heterocycles. The average molecular weight is 171 g/mol. The lowest BCUT2D eigenvalue weighted by molar-refractivity contribution is 0.405. The molecule has 1 aromatic rings. The van der Waals surface area contributed by atoms with Gasteiger partial charge in [-0.25, -0.2) is 4.39 Å². The van der Waals surface area contributed by atoms with E-state index in [-0.39, 0.29) is 5.75 Å². The molecule has 1 heterocycles. The van der Waals surface area contributed by atoms with E-state index < -0.39 is 18.5 Å². The minimum Gasteiger partial charge on any atom is -0.495 e. The number of hydrogen-bond acceptors (Lipinski definition) is 4. The predicted octanol–water partition coefficient (Wildman–Crippen LogP) is -1.09. The van der Waals surface area contributed by atoms with Crippen molar-refractivity contribution in [2.75, 3.05) is 7.11 Å². The smallest absolute Gasteiger partial charge is 0.495 e. The summed E-state index contributed by atoms with van der Waals surface area (Å²) in [5.74, 6) is -0.568. The summed E-state index contributed by atoms with van der Waals surface area (Å²) in [4.78, 5) is 3.45. The number of methoxy groups -OCH3 is 1. The first-order chi connectivity index (χ1) is 5.65. The number of halogens is 1. The minimum absolute atomic E-state index is 0.233. The van der Waals surface area contributed by atoms with Crippen LogP contribution in [0.4, 0.5) is 4.39 Å². The summed E-state index contributed by atoms with van der Waals surface area (Å²) in [5, 5.41) is 17.2. The monoisotopic (exact) mass is 171 g/mol. The fraction of sp³-hybridized carbons (Fsp3) is 0.167. The fourth-order valence-electron chi connectivity index (χ4n) is 0.733. The van der Waals surface area contributed by atoms with Crippen molar-refractivity contribution in [1.82, 2.24) is 4.98 Å². The Morgan fingerprint density at radius 2 is 2.25 bits per heavy atom. The molecule has 0 amide bonds. The Bertz CT molecular complexity index is 281. The number of nitrogens with zero attached hydrogens (tertiary/aromatic N) is 1. The Balaban J connectivity index is 3.03. The summed E-state index contributed by atoms with van der Waals surface area (Å²) in [5.41, 5.74) is -0.407. The van der Waals surface area contributed by atoms with Crippen LogP contribution in [-0.4, -0.2) is 29.3 Å². The highest BCUT2D eigenvalue weighted by molar-refractivity contribution is 6.57. The van der Waals surface area contributed by atoms with Gasteiger partial charge in [-0.15, -0.1) is 0 Å². The van der Waals surface area contributed by atoms with Crippen LogP contribution in [0.1, 0.15) is 0 Å². The van der Waals surface area contributed by atoms with Gasteiger partial charge in [0.1, 0.15) is 17.2 Å². The SMILES string of the molecule is COc1cnc(B(O)O)c(F)c1. The quantitative estimate of drug-likeness (QED) is 0.555. The number of ether oxygens (including phenoxy) is 1. The molecule has 4 nitrogen and oxygen atoms in total. The molecule has 12 heavy (non-hydrogen) atoms. The lowest BCUT2D eigenvalue weighted by Crippen LogP contribution is -2.35. The standard InChI is InChI=1S/C6H7BFNO3/c1-12-4-2-5(8)6(7(10)11)9-3-4/h2-3,10-11H,1H3. The second-order valence-electron chi connectivity index (χ2n) is 2.12. The zero-order valence-electron chi connectivity index (χ0n) is 6.36. The summed E-state index contributed by atoms with van der Waals surface area (Å²) in [6, 6.07) is 1.03. The first kappa shape index (κ1) is 8.96. The van der Waals surface area contributed by atoms with Crippen molar-refractivity contribution in [3.63, 3.8) is 0 Å². The molecule has 0 bridgehead atoms. The Morgan fingerprint density at radius 1 is 1.58 bits per heavy atom. The van der Waals surface area contributed by atoms with Gasteiger partial charge in [-0.2, -0.15) is 0 Å². The zero-order valence-corrected chi connectivity index (χ0v) is 6.36. The largest absolute Gasteiger partial charge is 0.511 e. The van der Waals surface area contributed by atoms with Gasteiger partial charge in [0.05, 0.1) is 13.3 Å². The van der Waals surface area contributed by atoms with Crippen LogP contribution in [0.3, 0.4) is 0 Å². The number of aromatic nitrogens is 1. The van der Waals surface area contributed by atoms with Gasteiger partial charge in [-0.05, 0) is 0 Å². The number of hydrogen-bond donors (Lipinski definition) is 2. The van der Waals surface area contributed by atoms with Crippen molar-refractivity contribution in [3.8, 4) is 5.75 Å². The lowest BCUT2D eigenvalue weighted by atomic mass is 9.85. The molecule has 0 fully saturated rings. The van der Waals surface area contributed by atoms with Gasteiger partial charge in [-0.1, -0.05) is 0 Å². The maximum Gasteiger partial charge on any atom is 0.511 e. The van der Waals surface area contributed by atoms with Gasteiger partial charge < -0.3 is 14.8 Å². The summed E-state index contributed by atoms with van der Waals surface area (Å²) in [6.07, 6.45) is 1.21. The molecular weight excluding hydrogens is 164 g/mol. The lowest BCUT2D eigenvalue weighted by Gasteiger charge is -2.02. The van der Waals surface area contributed by atoms with Crippen LogP contribution in [0.2, 0.25) is 0 Å². The van der Waals surface area contributed by atoms with Crippen LogP contribution < -0.4 is 10.3 Å². The van der Waals surface area contributed by atoms with Crippen molar-refractivity contribution in [3.05, 3.63) is 18.1 Å². The van der Waals surface area contributed by atoms with E-state index >= 15 is 0 Å². The van der Waals surface area contributed by atoms with Gasteiger partial charge in [0.15, 0.2) is 0 Å². The third-order valence-electron chi connectivity index (χ3n) is 1.32. The highest BCUT2D eigenvalue weighted by atomic mass is 19.1. The summed E-state index contributed by atoms with van der Waals surface area (Å²) in [7, 11) is -0.526. The molecule has 0 aliphatic carbocycles. The molecule has 0 radical (unpaired) electrons. The van der Waals surface area contributed by atoms with Crippen molar-refractivity contribution in [2.45, 2.75) is 0 Å². The van der Waals surface area contributed by atoms with E-state index in [9.17, 15) is 4.39 Å². The molecule has 0 spiro atoms. The Hall–Kier alpha value is -1.14. The molecule has 0 saturated carbocycles. The molecule has 64 valence electrons. The van der Waals surface area contributed by atoms with Crippen molar-refractivity contribution >= 4 is 12.7 Å². The first-order valence-electron chi connectivity index (χ1n) is 3.20. The van der Waals surface area contributed by atoms with Crippen LogP contribution in [0.25, 0.3) is 0 Å². The average Bonchev–Trinajstić information content (AvgIpc) is 2.03. The van der Waals surface area contributed by atoms with E-state index in [1.54, 1.807) is 0 Å². The van der Waals surface area contributed by atoms with Gasteiger partial charge >= 0.3 is 7.12 Å². The molecule has 1 rings (SSSR count). The molecule has 2 N–H and O–H groups in total. The maximum absolute atomic E-state index is 12.8. The van der Waals surface area contributed by atoms with E-state index in [1.807, 2.05) is 0 Å². The van der Waals surface area contributed by atoms with Crippen molar-refractivity contribution in [2.24, 2.45) is 0 Å². The third kappa shape index (κ3) is 1.72. The van der Waals surface area contributed by atoms with E-state index in [0.29, 0.717) is 0 Å². The number of rotatable bonds is 2. The molecule has 0 unspecified atom stereocenters. The zero-order chi connectivity index (χ0) is 9.14. The molecule has 6 heteroatoms. The van der Waals surface area contributed by atoms with E-state index in [2.05, 4.69) is 9.72 Å².